The van der Waals surface area contributed by atoms with Crippen molar-refractivity contribution in [2.24, 2.45) is 0 Å². The summed E-state index contributed by atoms with van der Waals surface area (Å²) in [4.78, 5) is 23.4. The van der Waals surface area contributed by atoms with Crippen LogP contribution in [0.15, 0.2) is 27.4 Å². The molecular weight excluding hydrogens is 366 g/mol. The topological polar surface area (TPSA) is 88.8 Å². The Kier molecular flexibility index (Phi) is 7.16. The molecule has 0 saturated carbocycles. The molecule has 136 valence electrons. The number of ether oxygens (including phenoxy) is 1. The summed E-state index contributed by atoms with van der Waals surface area (Å²) in [5.41, 5.74) is 0.630. The minimum atomic E-state index is -0.462. The van der Waals surface area contributed by atoms with Gasteiger partial charge in [0, 0.05) is 17.5 Å². The van der Waals surface area contributed by atoms with Crippen LogP contribution in [-0.2, 0) is 4.79 Å². The molecule has 1 aromatic heterocycles. The van der Waals surface area contributed by atoms with Crippen LogP contribution in [0.2, 0.25) is 5.02 Å². The second-order valence-electron chi connectivity index (χ2n) is 5.54. The average molecular weight is 386 g/mol. The van der Waals surface area contributed by atoms with Crippen LogP contribution in [0.1, 0.15) is 12.0 Å². The van der Waals surface area contributed by atoms with Crippen LogP contribution < -0.4 is 15.7 Å². The second-order valence-corrected chi connectivity index (χ2v) is 6.94. The summed E-state index contributed by atoms with van der Waals surface area (Å²) < 4.78 is 10.6. The lowest BCUT2D eigenvalue weighted by Gasteiger charge is -2.16. The highest BCUT2D eigenvalue weighted by Crippen LogP contribution is 2.30. The fourth-order valence-electron chi connectivity index (χ4n) is 2.31. The molecule has 6 nitrogen and oxygen atoms in total. The number of aryl methyl sites for hydroxylation is 1. The number of nitrogens with one attached hydrogen (secondary N) is 1. The monoisotopic (exact) mass is 385 g/mol. The van der Waals surface area contributed by atoms with Gasteiger partial charge in [0.25, 0.3) is 5.91 Å². The molecule has 0 radical (unpaired) electrons. The maximum atomic E-state index is 12.0. The number of halogens is 1. The predicted molar refractivity (Wildman–Crippen MR) is 99.7 cm³/mol. The van der Waals surface area contributed by atoms with Gasteiger partial charge in [0.05, 0.1) is 17.7 Å². The van der Waals surface area contributed by atoms with E-state index in [0.717, 1.165) is 11.3 Å². The zero-order valence-electron chi connectivity index (χ0n) is 14.0. The van der Waals surface area contributed by atoms with Gasteiger partial charge in [0.1, 0.15) is 11.3 Å². The molecule has 8 heteroatoms. The predicted octanol–water partition coefficient (Wildman–Crippen LogP) is 2.36. The van der Waals surface area contributed by atoms with Gasteiger partial charge in [-0.3, -0.25) is 4.79 Å². The molecular formula is C17H20ClNO5S. The smallest absolute Gasteiger partial charge is 0.336 e. The lowest BCUT2D eigenvalue weighted by Crippen LogP contribution is -2.40. The lowest BCUT2D eigenvalue weighted by atomic mass is 10.1. The molecule has 0 bridgehead atoms. The first-order valence-electron chi connectivity index (χ1n) is 7.70. The molecule has 0 aliphatic carbocycles. The maximum Gasteiger partial charge on any atom is 0.336 e. The molecule has 0 fully saturated rings. The van der Waals surface area contributed by atoms with Crippen LogP contribution in [0.5, 0.6) is 5.75 Å². The Labute approximate surface area is 154 Å². The largest absolute Gasteiger partial charge is 0.482 e. The molecule has 2 rings (SSSR count). The van der Waals surface area contributed by atoms with Gasteiger partial charge in [-0.1, -0.05) is 11.6 Å². The van der Waals surface area contributed by atoms with E-state index in [2.05, 4.69) is 5.32 Å². The summed E-state index contributed by atoms with van der Waals surface area (Å²) in [6, 6.07) is 4.21. The van der Waals surface area contributed by atoms with Crippen LogP contribution in [-0.4, -0.2) is 42.3 Å². The summed E-state index contributed by atoms with van der Waals surface area (Å²) >= 11 is 7.82. The van der Waals surface area contributed by atoms with Gasteiger partial charge < -0.3 is 19.6 Å². The summed E-state index contributed by atoms with van der Waals surface area (Å²) in [7, 11) is 0. The summed E-state index contributed by atoms with van der Waals surface area (Å²) in [6.45, 7) is 1.40. The fraction of sp³-hybridized carbons (Fsp3) is 0.412. The quantitative estimate of drug-likeness (QED) is 0.678. The Bertz CT molecular complexity index is 807. The summed E-state index contributed by atoms with van der Waals surface area (Å²) in [5, 5.41) is 13.0. The Morgan fingerprint density at radius 3 is 2.88 bits per heavy atom. The van der Waals surface area contributed by atoms with Gasteiger partial charge in [-0.15, -0.1) is 0 Å². The first kappa shape index (κ1) is 19.6. The van der Waals surface area contributed by atoms with E-state index in [4.69, 9.17) is 20.8 Å². The Morgan fingerprint density at radius 1 is 1.44 bits per heavy atom. The molecule has 0 unspecified atom stereocenters. The SMILES string of the molecule is CSCC[C@@H](CO)NC(=O)COc1cc2oc(=O)cc(C)c2cc1Cl. The molecule has 1 aromatic carbocycles. The molecule has 0 aliphatic rings. The normalized spacial score (nSPS) is 12.2. The van der Waals surface area contributed by atoms with Crippen molar-refractivity contribution in [3.05, 3.63) is 39.2 Å². The van der Waals surface area contributed by atoms with E-state index < -0.39 is 5.63 Å². The number of thioether (sulfide) groups is 1. The van der Waals surface area contributed by atoms with Crippen molar-refractivity contribution in [2.75, 3.05) is 25.2 Å². The van der Waals surface area contributed by atoms with Crippen molar-refractivity contribution in [1.82, 2.24) is 5.32 Å². The van der Waals surface area contributed by atoms with E-state index >= 15 is 0 Å². The van der Waals surface area contributed by atoms with Crippen molar-refractivity contribution in [2.45, 2.75) is 19.4 Å². The summed E-state index contributed by atoms with van der Waals surface area (Å²) in [6.07, 6.45) is 2.63. The number of aliphatic hydroxyl groups is 1. The number of carbonyl (C=O) groups excluding carboxylic acids is 1. The van der Waals surface area contributed by atoms with E-state index in [9.17, 15) is 14.7 Å². The van der Waals surface area contributed by atoms with Crippen molar-refractivity contribution in [1.29, 1.82) is 0 Å². The van der Waals surface area contributed by atoms with Crippen molar-refractivity contribution in [3.63, 3.8) is 0 Å². The van der Waals surface area contributed by atoms with Crippen molar-refractivity contribution >= 4 is 40.2 Å². The first-order chi connectivity index (χ1) is 11.9. The highest BCUT2D eigenvalue weighted by Gasteiger charge is 2.14. The van der Waals surface area contributed by atoms with Gasteiger partial charge in [-0.05, 0) is 37.0 Å². The zero-order valence-corrected chi connectivity index (χ0v) is 15.6. The van der Waals surface area contributed by atoms with E-state index in [-0.39, 0.29) is 30.9 Å². The van der Waals surface area contributed by atoms with Gasteiger partial charge >= 0.3 is 5.63 Å². The van der Waals surface area contributed by atoms with Crippen molar-refractivity contribution in [3.8, 4) is 5.75 Å². The number of fused-ring (bicyclic) bond motifs is 1. The third-order valence-corrected chi connectivity index (χ3v) is 4.56. The molecule has 2 N–H and O–H groups in total. The zero-order chi connectivity index (χ0) is 18.4. The summed E-state index contributed by atoms with van der Waals surface area (Å²) in [5.74, 6) is 0.728. The standard InChI is InChI=1S/C17H20ClNO5S/c1-10-5-17(22)24-14-7-15(13(18)6-12(10)14)23-9-16(21)19-11(8-20)3-4-25-2/h5-7,11,20H,3-4,8-9H2,1-2H3,(H,19,21)/t11-/m0/s1. The minimum Gasteiger partial charge on any atom is -0.482 e. The highest BCUT2D eigenvalue weighted by molar-refractivity contribution is 7.98. The van der Waals surface area contributed by atoms with E-state index in [1.165, 1.54) is 12.1 Å². The van der Waals surface area contributed by atoms with Gasteiger partial charge in [-0.25, -0.2) is 4.79 Å². The molecule has 0 aliphatic heterocycles. The Hall–Kier alpha value is -1.70. The average Bonchev–Trinajstić information content (AvgIpc) is 2.57. The molecule has 2 aromatic rings. The first-order valence-corrected chi connectivity index (χ1v) is 9.47. The second kappa shape index (κ2) is 9.12. The molecule has 0 saturated heterocycles. The number of hydrogen-bond donors (Lipinski definition) is 2. The molecule has 1 atom stereocenters. The fourth-order valence-corrected chi connectivity index (χ4v) is 3.05. The number of rotatable bonds is 8. The Balaban J connectivity index is 2.06. The number of aliphatic hydroxyl groups excluding tert-OH is 1. The minimum absolute atomic E-state index is 0.131. The number of carbonyl (C=O) groups is 1. The van der Waals surface area contributed by atoms with Crippen LogP contribution in [0.3, 0.4) is 0 Å². The third-order valence-electron chi connectivity index (χ3n) is 3.62. The molecule has 1 amide bonds. The van der Waals surface area contributed by atoms with E-state index in [1.54, 1.807) is 24.8 Å². The number of benzene rings is 1. The van der Waals surface area contributed by atoms with Crippen LogP contribution in [0.4, 0.5) is 0 Å². The Morgan fingerprint density at radius 2 is 2.20 bits per heavy atom. The third kappa shape index (κ3) is 5.39. The van der Waals surface area contributed by atoms with Gasteiger partial charge in [0.2, 0.25) is 0 Å². The highest BCUT2D eigenvalue weighted by atomic mass is 35.5. The maximum absolute atomic E-state index is 12.0. The number of amides is 1. The molecule has 1 heterocycles. The van der Waals surface area contributed by atoms with Crippen molar-refractivity contribution < 1.29 is 19.1 Å². The van der Waals surface area contributed by atoms with E-state index in [1.807, 2.05) is 6.26 Å². The van der Waals surface area contributed by atoms with E-state index in [0.29, 0.717) is 22.4 Å². The van der Waals surface area contributed by atoms with Crippen LogP contribution in [0, 0.1) is 6.92 Å². The van der Waals surface area contributed by atoms with Gasteiger partial charge in [-0.2, -0.15) is 11.8 Å². The molecule has 25 heavy (non-hydrogen) atoms. The molecule has 0 spiro atoms. The lowest BCUT2D eigenvalue weighted by molar-refractivity contribution is -0.124. The van der Waals surface area contributed by atoms with Crippen LogP contribution in [0.25, 0.3) is 11.0 Å². The van der Waals surface area contributed by atoms with Crippen LogP contribution >= 0.6 is 23.4 Å². The number of hydrogen-bond acceptors (Lipinski definition) is 6. The van der Waals surface area contributed by atoms with Gasteiger partial charge in [0.15, 0.2) is 6.61 Å².